The summed E-state index contributed by atoms with van der Waals surface area (Å²) in [5.74, 6) is 2.48. The molecule has 5 aromatic carbocycles. The van der Waals surface area contributed by atoms with Crippen molar-refractivity contribution in [2.75, 3.05) is 0 Å². The van der Waals surface area contributed by atoms with Crippen LogP contribution in [0.2, 0.25) is 0 Å². The number of hydrogen-bond donors (Lipinski definition) is 0. The first-order valence-corrected chi connectivity index (χ1v) is 18.2. The Bertz CT molecular complexity index is 1820. The number of aryl methyl sites for hydroxylation is 1. The third kappa shape index (κ3) is 10.2. The van der Waals surface area contributed by atoms with Crippen molar-refractivity contribution in [1.82, 2.24) is 0 Å². The lowest BCUT2D eigenvalue weighted by atomic mass is 9.92. The molecule has 0 spiro atoms. The largest absolute Gasteiger partial charge is 0.488 e. The Morgan fingerprint density at radius 2 is 1.22 bits per heavy atom. The van der Waals surface area contributed by atoms with Crippen LogP contribution >= 0.6 is 0 Å². The lowest BCUT2D eigenvalue weighted by molar-refractivity contribution is -0.155. The van der Waals surface area contributed by atoms with Crippen LogP contribution in [0.15, 0.2) is 121 Å². The maximum atomic E-state index is 13.3. The molecular weight excluding hydrogens is 636 g/mol. The van der Waals surface area contributed by atoms with Gasteiger partial charge >= 0.3 is 5.97 Å². The third-order valence-corrected chi connectivity index (χ3v) is 9.08. The van der Waals surface area contributed by atoms with Gasteiger partial charge in [0.25, 0.3) is 0 Å². The zero-order valence-electron chi connectivity index (χ0n) is 29.7. The maximum Gasteiger partial charge on any atom is 0.306 e. The van der Waals surface area contributed by atoms with E-state index in [1.54, 1.807) is 0 Å². The molecule has 0 fully saturated rings. The Morgan fingerprint density at radius 1 is 0.647 bits per heavy atom. The van der Waals surface area contributed by atoms with Gasteiger partial charge in [0.15, 0.2) is 17.6 Å². The average Bonchev–Trinajstić information content (AvgIpc) is 3.16. The van der Waals surface area contributed by atoms with Crippen molar-refractivity contribution < 1.29 is 28.5 Å². The highest BCUT2D eigenvalue weighted by Gasteiger charge is 2.36. The summed E-state index contributed by atoms with van der Waals surface area (Å²) in [5.41, 5.74) is 5.94. The summed E-state index contributed by atoms with van der Waals surface area (Å²) < 4.78 is 32.2. The van der Waals surface area contributed by atoms with Gasteiger partial charge in [-0.25, -0.2) is 0 Å². The summed E-state index contributed by atoms with van der Waals surface area (Å²) in [4.78, 5) is 13.3. The molecule has 6 rings (SSSR count). The fraction of sp³-hybridized carbons (Fsp3) is 0.311. The van der Waals surface area contributed by atoms with E-state index >= 15 is 0 Å². The number of rotatable bonds is 17. The van der Waals surface area contributed by atoms with Gasteiger partial charge in [-0.15, -0.1) is 0 Å². The van der Waals surface area contributed by atoms with Crippen molar-refractivity contribution in [1.29, 1.82) is 0 Å². The Morgan fingerprint density at radius 3 is 1.82 bits per heavy atom. The molecule has 6 nitrogen and oxygen atoms in total. The number of esters is 1. The smallest absolute Gasteiger partial charge is 0.306 e. The highest BCUT2D eigenvalue weighted by Crippen LogP contribution is 2.44. The molecule has 0 unspecified atom stereocenters. The summed E-state index contributed by atoms with van der Waals surface area (Å²) in [5, 5.41) is 0. The van der Waals surface area contributed by atoms with Crippen LogP contribution in [0.4, 0.5) is 0 Å². The van der Waals surface area contributed by atoms with Crippen LogP contribution in [-0.2, 0) is 35.8 Å². The monoisotopic (exact) mass is 684 g/mol. The number of fused-ring (bicyclic) bond motifs is 1. The second-order valence-electron chi connectivity index (χ2n) is 13.2. The van der Waals surface area contributed by atoms with E-state index < -0.39 is 12.2 Å². The lowest BCUT2D eigenvalue weighted by Gasteiger charge is -2.35. The minimum Gasteiger partial charge on any atom is -0.488 e. The van der Waals surface area contributed by atoms with Crippen LogP contribution in [0.3, 0.4) is 0 Å². The van der Waals surface area contributed by atoms with E-state index in [-0.39, 0.29) is 5.97 Å². The van der Waals surface area contributed by atoms with Gasteiger partial charge in [0, 0.05) is 24.0 Å². The van der Waals surface area contributed by atoms with Crippen LogP contribution < -0.4 is 18.9 Å². The molecule has 0 saturated heterocycles. The minimum atomic E-state index is -0.569. The second-order valence-corrected chi connectivity index (χ2v) is 13.2. The van der Waals surface area contributed by atoms with Gasteiger partial charge in [-0.3, -0.25) is 4.79 Å². The second kappa shape index (κ2) is 18.1. The Balaban J connectivity index is 1.29. The molecule has 1 heterocycles. The Kier molecular flexibility index (Phi) is 12.7. The van der Waals surface area contributed by atoms with Crippen LogP contribution in [0, 0.1) is 6.92 Å². The molecule has 2 atom stereocenters. The van der Waals surface area contributed by atoms with Crippen molar-refractivity contribution in [3.05, 3.63) is 155 Å². The third-order valence-electron chi connectivity index (χ3n) is 9.08. The van der Waals surface area contributed by atoms with Gasteiger partial charge in [0.1, 0.15) is 37.4 Å². The molecule has 6 heteroatoms. The van der Waals surface area contributed by atoms with Gasteiger partial charge in [-0.2, -0.15) is 0 Å². The molecule has 0 aliphatic carbocycles. The number of ether oxygens (including phenoxy) is 5. The van der Waals surface area contributed by atoms with E-state index in [2.05, 4.69) is 6.92 Å². The summed E-state index contributed by atoms with van der Waals surface area (Å²) in [6.07, 6.45) is 4.98. The normalized spacial score (nSPS) is 14.9. The summed E-state index contributed by atoms with van der Waals surface area (Å²) in [6.45, 7) is 5.42. The maximum absolute atomic E-state index is 13.3. The number of unbranched alkanes of at least 4 members (excludes halogenated alkanes) is 4. The topological polar surface area (TPSA) is 63.2 Å². The van der Waals surface area contributed by atoms with Gasteiger partial charge in [0.2, 0.25) is 0 Å². The predicted octanol–water partition coefficient (Wildman–Crippen LogP) is 10.7. The first-order chi connectivity index (χ1) is 25.1. The van der Waals surface area contributed by atoms with Crippen LogP contribution in [-0.4, -0.2) is 12.1 Å². The molecule has 0 aromatic heterocycles. The van der Waals surface area contributed by atoms with E-state index in [9.17, 15) is 4.79 Å². The Labute approximate surface area is 302 Å². The van der Waals surface area contributed by atoms with Crippen molar-refractivity contribution >= 4 is 5.97 Å². The standard InChI is InChI=1S/C45H48O6/c1-3-4-5-6-16-23-44(46)50-43-29-38-40(48-31-35-19-12-8-13-20-35)26-33(2)27-41(38)51-45(43)37-24-25-39(47-30-34-17-10-7-11-18-34)42(28-37)49-32-36-21-14-9-15-22-36/h7-15,17-22,24-28,43,45H,3-6,16,23,29-32H2,1-2H3/t43-,45-/m1/s1. The summed E-state index contributed by atoms with van der Waals surface area (Å²) >= 11 is 0. The zero-order valence-corrected chi connectivity index (χ0v) is 29.7. The first-order valence-electron chi connectivity index (χ1n) is 18.2. The molecule has 264 valence electrons. The number of carbonyl (C=O) groups is 1. The molecular formula is C45H48O6. The average molecular weight is 685 g/mol. The minimum absolute atomic E-state index is 0.212. The molecule has 0 N–H and O–H groups in total. The quantitative estimate of drug-likeness (QED) is 0.0718. The highest BCUT2D eigenvalue weighted by atomic mass is 16.6. The van der Waals surface area contributed by atoms with Gasteiger partial charge in [-0.05, 0) is 59.9 Å². The Hall–Kier alpha value is -5.23. The fourth-order valence-corrected chi connectivity index (χ4v) is 6.33. The van der Waals surface area contributed by atoms with E-state index in [0.29, 0.717) is 44.2 Å². The fourth-order valence-electron chi connectivity index (χ4n) is 6.33. The zero-order chi connectivity index (χ0) is 35.3. The van der Waals surface area contributed by atoms with Crippen molar-refractivity contribution in [3.63, 3.8) is 0 Å². The SMILES string of the molecule is CCCCCCCC(=O)O[C@@H]1Cc2c(OCc3ccccc3)cc(C)cc2O[C@@H]1c1ccc(OCc2ccccc2)c(OCc2ccccc2)c1. The summed E-state index contributed by atoms with van der Waals surface area (Å²) in [6, 6.07) is 40.2. The van der Waals surface area contributed by atoms with Crippen LogP contribution in [0.1, 0.15) is 84.9 Å². The van der Waals surface area contributed by atoms with Crippen molar-refractivity contribution in [2.24, 2.45) is 0 Å². The molecule has 51 heavy (non-hydrogen) atoms. The van der Waals surface area contributed by atoms with E-state index in [0.717, 1.165) is 70.6 Å². The number of benzene rings is 5. The van der Waals surface area contributed by atoms with E-state index in [4.69, 9.17) is 23.7 Å². The van der Waals surface area contributed by atoms with Gasteiger partial charge < -0.3 is 23.7 Å². The molecule has 0 bridgehead atoms. The van der Waals surface area contributed by atoms with Crippen LogP contribution in [0.5, 0.6) is 23.0 Å². The lowest BCUT2D eigenvalue weighted by Crippen LogP contribution is -2.35. The summed E-state index contributed by atoms with van der Waals surface area (Å²) in [7, 11) is 0. The van der Waals surface area contributed by atoms with Gasteiger partial charge in [-0.1, -0.05) is 130 Å². The first kappa shape index (κ1) is 35.6. The van der Waals surface area contributed by atoms with Crippen molar-refractivity contribution in [2.45, 2.75) is 90.8 Å². The van der Waals surface area contributed by atoms with Crippen molar-refractivity contribution in [3.8, 4) is 23.0 Å². The molecule has 0 saturated carbocycles. The molecule has 1 aliphatic rings. The molecule has 1 aliphatic heterocycles. The molecule has 5 aromatic rings. The van der Waals surface area contributed by atoms with Gasteiger partial charge in [0.05, 0.1) is 0 Å². The number of hydrogen-bond acceptors (Lipinski definition) is 6. The molecule has 0 radical (unpaired) electrons. The number of carbonyl (C=O) groups excluding carboxylic acids is 1. The van der Waals surface area contributed by atoms with Crippen LogP contribution in [0.25, 0.3) is 0 Å². The van der Waals surface area contributed by atoms with E-state index in [1.165, 1.54) is 6.42 Å². The molecule has 0 amide bonds. The van der Waals surface area contributed by atoms with E-state index in [1.807, 2.05) is 128 Å². The highest BCUT2D eigenvalue weighted by molar-refractivity contribution is 5.70. The predicted molar refractivity (Wildman–Crippen MR) is 200 cm³/mol.